The maximum Gasteiger partial charge on any atom is 0.306 e. The Labute approximate surface area is 193 Å². The van der Waals surface area contributed by atoms with Crippen LogP contribution in [0.15, 0.2) is 48.5 Å². The van der Waals surface area contributed by atoms with E-state index in [9.17, 15) is 14.4 Å². The highest BCUT2D eigenvalue weighted by atomic mass is 16.5. The number of ether oxygens (including phenoxy) is 1. The summed E-state index contributed by atoms with van der Waals surface area (Å²) >= 11 is 0. The van der Waals surface area contributed by atoms with Gasteiger partial charge in [-0.2, -0.15) is 0 Å². The average molecular weight is 451 g/mol. The van der Waals surface area contributed by atoms with Crippen molar-refractivity contribution in [2.75, 3.05) is 33.8 Å². The molecule has 0 bridgehead atoms. The van der Waals surface area contributed by atoms with Crippen LogP contribution in [0.4, 0.5) is 0 Å². The van der Waals surface area contributed by atoms with Gasteiger partial charge in [0.25, 0.3) is 11.8 Å². The Bertz CT molecular complexity index is 1010. The summed E-state index contributed by atoms with van der Waals surface area (Å²) in [5, 5.41) is 7.48. The highest BCUT2D eigenvalue weighted by Gasteiger charge is 2.26. The number of esters is 1. The monoisotopic (exact) mass is 450 g/mol. The van der Waals surface area contributed by atoms with Crippen molar-refractivity contribution in [3.05, 3.63) is 59.7 Å². The number of hydrogen-bond donors (Lipinski definition) is 2. The standard InChI is InChI=1S/C25H30N4O4/c1-28(2)22(30)16-33-23(31)15-17-11-13-29(14-12-17)25(32)21-9-5-19(6-10-21)18-3-7-20(8-4-18)24(26)27/h3-10,17H,11-16H2,1-2H3,(H3,26,27). The van der Waals surface area contributed by atoms with Gasteiger partial charge in [-0.25, -0.2) is 0 Å². The fraction of sp³-hybridized carbons (Fsp3) is 0.360. The number of rotatable bonds is 7. The molecule has 2 aromatic carbocycles. The number of piperidine rings is 1. The van der Waals surface area contributed by atoms with Gasteiger partial charge in [0, 0.05) is 44.7 Å². The summed E-state index contributed by atoms with van der Waals surface area (Å²) in [4.78, 5) is 39.6. The van der Waals surface area contributed by atoms with Gasteiger partial charge in [0.05, 0.1) is 0 Å². The molecule has 174 valence electrons. The Morgan fingerprint density at radius 2 is 1.48 bits per heavy atom. The summed E-state index contributed by atoms with van der Waals surface area (Å²) in [5.74, 6) is -0.463. The first-order chi connectivity index (χ1) is 15.7. The van der Waals surface area contributed by atoms with Crippen molar-refractivity contribution in [1.29, 1.82) is 5.41 Å². The Kier molecular flexibility index (Phi) is 7.82. The lowest BCUT2D eigenvalue weighted by atomic mass is 9.93. The van der Waals surface area contributed by atoms with Gasteiger partial charge >= 0.3 is 5.97 Å². The van der Waals surface area contributed by atoms with E-state index in [1.54, 1.807) is 26.2 Å². The van der Waals surface area contributed by atoms with Gasteiger partial charge in [0.15, 0.2) is 6.61 Å². The molecular weight excluding hydrogens is 420 g/mol. The normalized spacial score (nSPS) is 13.9. The van der Waals surface area contributed by atoms with E-state index >= 15 is 0 Å². The minimum Gasteiger partial charge on any atom is -0.456 e. The minimum atomic E-state index is -0.373. The first-order valence-corrected chi connectivity index (χ1v) is 10.9. The molecule has 1 aliphatic heterocycles. The van der Waals surface area contributed by atoms with E-state index in [0.29, 0.717) is 24.2 Å². The molecule has 0 aromatic heterocycles. The average Bonchev–Trinajstić information content (AvgIpc) is 2.82. The van der Waals surface area contributed by atoms with E-state index in [0.717, 1.165) is 24.0 Å². The lowest BCUT2D eigenvalue weighted by molar-refractivity contribution is -0.152. The van der Waals surface area contributed by atoms with Gasteiger partial charge < -0.3 is 20.3 Å². The van der Waals surface area contributed by atoms with Crippen LogP contribution in [0.5, 0.6) is 0 Å². The summed E-state index contributed by atoms with van der Waals surface area (Å²) < 4.78 is 5.05. The maximum atomic E-state index is 12.9. The quantitative estimate of drug-likeness (QED) is 0.382. The number of hydrogen-bond acceptors (Lipinski definition) is 5. The first kappa shape index (κ1) is 24.0. The molecule has 3 N–H and O–H groups in total. The largest absolute Gasteiger partial charge is 0.456 e. The van der Waals surface area contributed by atoms with Crippen LogP contribution in [-0.2, 0) is 14.3 Å². The summed E-state index contributed by atoms with van der Waals surface area (Å²) in [6.45, 7) is 0.934. The molecule has 33 heavy (non-hydrogen) atoms. The van der Waals surface area contributed by atoms with E-state index in [1.807, 2.05) is 41.3 Å². The fourth-order valence-electron chi connectivity index (χ4n) is 3.74. The predicted octanol–water partition coefficient (Wildman–Crippen LogP) is 2.51. The zero-order chi connectivity index (χ0) is 24.0. The van der Waals surface area contributed by atoms with Gasteiger partial charge in [-0.3, -0.25) is 19.8 Å². The van der Waals surface area contributed by atoms with Crippen molar-refractivity contribution in [2.24, 2.45) is 11.7 Å². The number of nitrogens with zero attached hydrogens (tertiary/aromatic N) is 2. The molecule has 8 heteroatoms. The molecule has 0 saturated carbocycles. The number of benzene rings is 2. The molecule has 0 atom stereocenters. The number of likely N-dealkylation sites (tertiary alicyclic amines) is 1. The number of amidine groups is 1. The second kappa shape index (κ2) is 10.8. The van der Waals surface area contributed by atoms with E-state index in [2.05, 4.69) is 0 Å². The van der Waals surface area contributed by atoms with Crippen LogP contribution in [0.2, 0.25) is 0 Å². The highest BCUT2D eigenvalue weighted by Crippen LogP contribution is 2.24. The number of nitrogen functional groups attached to an aromatic ring is 1. The van der Waals surface area contributed by atoms with Crippen LogP contribution in [0.25, 0.3) is 11.1 Å². The molecule has 1 saturated heterocycles. The maximum absolute atomic E-state index is 12.9. The summed E-state index contributed by atoms with van der Waals surface area (Å²) in [6, 6.07) is 14.9. The molecule has 0 unspecified atom stereocenters. The molecule has 0 spiro atoms. The molecule has 1 fully saturated rings. The summed E-state index contributed by atoms with van der Waals surface area (Å²) in [5.41, 5.74) is 8.76. The van der Waals surface area contributed by atoms with Crippen LogP contribution in [0.3, 0.4) is 0 Å². The third-order valence-corrected chi connectivity index (χ3v) is 5.87. The van der Waals surface area contributed by atoms with Crippen LogP contribution in [0.1, 0.15) is 35.2 Å². The number of nitrogens with one attached hydrogen (secondary N) is 1. The van der Waals surface area contributed by atoms with Crippen LogP contribution in [0, 0.1) is 11.3 Å². The zero-order valence-electron chi connectivity index (χ0n) is 19.0. The van der Waals surface area contributed by atoms with Gasteiger partial charge in [-0.15, -0.1) is 0 Å². The van der Waals surface area contributed by atoms with Crippen molar-refractivity contribution in [3.8, 4) is 11.1 Å². The molecule has 1 aliphatic rings. The molecule has 3 rings (SSSR count). The Morgan fingerprint density at radius 1 is 0.970 bits per heavy atom. The molecule has 0 aliphatic carbocycles. The topological polar surface area (TPSA) is 117 Å². The van der Waals surface area contributed by atoms with E-state index in [-0.39, 0.29) is 42.6 Å². The van der Waals surface area contributed by atoms with Crippen molar-refractivity contribution in [3.63, 3.8) is 0 Å². The summed E-state index contributed by atoms with van der Waals surface area (Å²) in [7, 11) is 3.23. The number of carbonyl (C=O) groups excluding carboxylic acids is 3. The smallest absolute Gasteiger partial charge is 0.306 e. The van der Waals surface area contributed by atoms with E-state index in [4.69, 9.17) is 15.9 Å². The highest BCUT2D eigenvalue weighted by molar-refractivity contribution is 5.96. The fourth-order valence-corrected chi connectivity index (χ4v) is 3.74. The Hall–Kier alpha value is -3.68. The second-order valence-electron chi connectivity index (χ2n) is 8.46. The molecule has 1 heterocycles. The molecule has 0 radical (unpaired) electrons. The van der Waals surface area contributed by atoms with Gasteiger partial charge in [0.1, 0.15) is 5.84 Å². The lowest BCUT2D eigenvalue weighted by Gasteiger charge is -2.31. The number of nitrogens with two attached hydrogens (primary N) is 1. The Balaban J connectivity index is 1.49. The minimum absolute atomic E-state index is 0.0221. The van der Waals surface area contributed by atoms with Gasteiger partial charge in [0.2, 0.25) is 0 Å². The van der Waals surface area contributed by atoms with Crippen molar-refractivity contribution >= 4 is 23.6 Å². The number of carbonyl (C=O) groups is 3. The SMILES string of the molecule is CN(C)C(=O)COC(=O)CC1CCN(C(=O)c2ccc(-c3ccc(C(=N)N)cc3)cc2)CC1. The third kappa shape index (κ3) is 6.41. The third-order valence-electron chi connectivity index (χ3n) is 5.87. The lowest BCUT2D eigenvalue weighted by Crippen LogP contribution is -2.39. The van der Waals surface area contributed by atoms with Gasteiger partial charge in [-0.1, -0.05) is 36.4 Å². The first-order valence-electron chi connectivity index (χ1n) is 10.9. The summed E-state index contributed by atoms with van der Waals surface area (Å²) in [6.07, 6.45) is 1.71. The molecule has 8 nitrogen and oxygen atoms in total. The van der Waals surface area contributed by atoms with Crippen molar-refractivity contribution in [2.45, 2.75) is 19.3 Å². The van der Waals surface area contributed by atoms with E-state index < -0.39 is 0 Å². The van der Waals surface area contributed by atoms with Crippen LogP contribution < -0.4 is 5.73 Å². The molecule has 2 aromatic rings. The number of likely N-dealkylation sites (N-methyl/N-ethyl adjacent to an activating group) is 1. The van der Waals surface area contributed by atoms with Crippen LogP contribution in [-0.4, -0.2) is 67.2 Å². The number of amides is 2. The predicted molar refractivity (Wildman–Crippen MR) is 126 cm³/mol. The Morgan fingerprint density at radius 3 is 1.97 bits per heavy atom. The van der Waals surface area contributed by atoms with Gasteiger partial charge in [-0.05, 0) is 42.0 Å². The van der Waals surface area contributed by atoms with Crippen molar-refractivity contribution < 1.29 is 19.1 Å². The van der Waals surface area contributed by atoms with Crippen molar-refractivity contribution in [1.82, 2.24) is 9.80 Å². The molecule has 2 amide bonds. The zero-order valence-corrected chi connectivity index (χ0v) is 19.0. The van der Waals surface area contributed by atoms with E-state index in [1.165, 1.54) is 4.90 Å². The van der Waals surface area contributed by atoms with Crippen LogP contribution >= 0.6 is 0 Å². The molecular formula is C25H30N4O4. The second-order valence-corrected chi connectivity index (χ2v) is 8.46.